The zero-order chi connectivity index (χ0) is 16.2. The lowest BCUT2D eigenvalue weighted by atomic mass is 9.95. The van der Waals surface area contributed by atoms with Gasteiger partial charge in [0.05, 0.1) is 13.0 Å². The van der Waals surface area contributed by atoms with E-state index in [0.29, 0.717) is 19.4 Å². The fraction of sp³-hybridized carbons (Fsp3) is 0.438. The minimum absolute atomic E-state index is 0.0272. The van der Waals surface area contributed by atoms with Gasteiger partial charge in [-0.2, -0.15) is 0 Å². The summed E-state index contributed by atoms with van der Waals surface area (Å²) in [4.78, 5) is 25.3. The molecule has 1 heterocycles. The smallest absolute Gasteiger partial charge is 0.245 e. The summed E-state index contributed by atoms with van der Waals surface area (Å²) in [6, 6.07) is 9.30. The molecule has 119 valence electrons. The highest BCUT2D eigenvalue weighted by Crippen LogP contribution is 2.30. The van der Waals surface area contributed by atoms with Crippen LogP contribution in [0.3, 0.4) is 0 Å². The van der Waals surface area contributed by atoms with Crippen molar-refractivity contribution in [3.63, 3.8) is 0 Å². The van der Waals surface area contributed by atoms with E-state index in [1.807, 2.05) is 30.3 Å². The summed E-state index contributed by atoms with van der Waals surface area (Å²) >= 11 is 0. The number of amides is 2. The Balaban J connectivity index is 2.00. The summed E-state index contributed by atoms with van der Waals surface area (Å²) in [5, 5.41) is 19.5. The maximum atomic E-state index is 12.4. The van der Waals surface area contributed by atoms with Crippen LogP contribution in [0.2, 0.25) is 0 Å². The van der Waals surface area contributed by atoms with Gasteiger partial charge in [-0.1, -0.05) is 30.3 Å². The van der Waals surface area contributed by atoms with Crippen molar-refractivity contribution in [1.82, 2.24) is 4.90 Å². The predicted molar refractivity (Wildman–Crippen MR) is 79.9 cm³/mol. The Kier molecular flexibility index (Phi) is 5.15. The summed E-state index contributed by atoms with van der Waals surface area (Å²) in [6.07, 6.45) is 1.09. The third-order valence-corrected chi connectivity index (χ3v) is 4.12. The highest BCUT2D eigenvalue weighted by atomic mass is 16.3. The standard InChI is InChI=1S/C16H21N2O4/c17-15(22)16(11-19)7-4-8-18(16)14(21)10-13(20)9-12-5-2-1-3-6-12/h1-3,5-6,19-20H,4,7-11H2,(H2,17,22)/t16-/m1/s1. The number of benzene rings is 1. The Morgan fingerprint density at radius 3 is 2.55 bits per heavy atom. The zero-order valence-electron chi connectivity index (χ0n) is 12.4. The molecule has 1 aliphatic rings. The van der Waals surface area contributed by atoms with Crippen molar-refractivity contribution in [2.24, 2.45) is 5.73 Å². The van der Waals surface area contributed by atoms with Gasteiger partial charge >= 0.3 is 0 Å². The molecule has 1 atom stereocenters. The third kappa shape index (κ3) is 3.28. The summed E-state index contributed by atoms with van der Waals surface area (Å²) in [5.41, 5.74) is 4.93. The molecule has 0 saturated carbocycles. The van der Waals surface area contributed by atoms with Gasteiger partial charge in [-0.15, -0.1) is 0 Å². The minimum atomic E-state index is -1.33. The van der Waals surface area contributed by atoms with Gasteiger partial charge in [0.2, 0.25) is 11.8 Å². The molecule has 0 aromatic heterocycles. The molecule has 1 aromatic rings. The molecule has 0 unspecified atom stereocenters. The molecule has 1 radical (unpaired) electrons. The van der Waals surface area contributed by atoms with E-state index in [2.05, 4.69) is 0 Å². The summed E-state index contributed by atoms with van der Waals surface area (Å²) < 4.78 is 0. The second-order valence-corrected chi connectivity index (χ2v) is 5.61. The fourth-order valence-corrected chi connectivity index (χ4v) is 2.90. The fourth-order valence-electron chi connectivity index (χ4n) is 2.90. The van der Waals surface area contributed by atoms with E-state index in [1.165, 1.54) is 4.90 Å². The monoisotopic (exact) mass is 305 g/mol. The van der Waals surface area contributed by atoms with E-state index in [0.717, 1.165) is 5.56 Å². The van der Waals surface area contributed by atoms with E-state index in [-0.39, 0.29) is 18.9 Å². The van der Waals surface area contributed by atoms with Crippen LogP contribution in [-0.2, 0) is 16.0 Å². The van der Waals surface area contributed by atoms with Gasteiger partial charge < -0.3 is 20.8 Å². The van der Waals surface area contributed by atoms with Crippen molar-refractivity contribution in [3.8, 4) is 0 Å². The van der Waals surface area contributed by atoms with Crippen LogP contribution in [0.25, 0.3) is 0 Å². The quantitative estimate of drug-likeness (QED) is 0.706. The Labute approximate surface area is 129 Å². The molecule has 6 nitrogen and oxygen atoms in total. The first-order valence-corrected chi connectivity index (χ1v) is 7.28. The van der Waals surface area contributed by atoms with Crippen LogP contribution >= 0.6 is 0 Å². The Hall–Kier alpha value is -1.92. The van der Waals surface area contributed by atoms with Gasteiger partial charge in [-0.3, -0.25) is 9.59 Å². The lowest BCUT2D eigenvalue weighted by Gasteiger charge is -2.34. The van der Waals surface area contributed by atoms with Crippen LogP contribution in [0.1, 0.15) is 24.8 Å². The topological polar surface area (TPSA) is 104 Å². The molecule has 6 heteroatoms. The van der Waals surface area contributed by atoms with Gasteiger partial charge in [0.1, 0.15) is 11.6 Å². The number of aliphatic hydroxyl groups excluding tert-OH is 2. The number of hydrogen-bond donors (Lipinski definition) is 3. The van der Waals surface area contributed by atoms with E-state index in [4.69, 9.17) is 5.73 Å². The molecular formula is C16H21N2O4. The number of hydrogen-bond acceptors (Lipinski definition) is 4. The number of carbonyl (C=O) groups is 2. The lowest BCUT2D eigenvalue weighted by molar-refractivity contribution is -0.146. The van der Waals surface area contributed by atoms with Gasteiger partial charge in [0.15, 0.2) is 0 Å². The van der Waals surface area contributed by atoms with Crippen LogP contribution in [0.4, 0.5) is 0 Å². The Morgan fingerprint density at radius 1 is 1.27 bits per heavy atom. The second-order valence-electron chi connectivity index (χ2n) is 5.61. The number of nitrogens with two attached hydrogens (primary N) is 1. The molecule has 1 aliphatic heterocycles. The molecule has 0 bridgehead atoms. The first kappa shape index (κ1) is 16.5. The van der Waals surface area contributed by atoms with E-state index < -0.39 is 24.0 Å². The molecule has 1 fully saturated rings. The molecule has 1 aromatic carbocycles. The van der Waals surface area contributed by atoms with Crippen LogP contribution < -0.4 is 5.73 Å². The van der Waals surface area contributed by atoms with E-state index in [9.17, 15) is 19.8 Å². The van der Waals surface area contributed by atoms with Gasteiger partial charge in [-0.25, -0.2) is 0 Å². The molecule has 1 saturated heterocycles. The lowest BCUT2D eigenvalue weighted by Crippen LogP contribution is -2.58. The SMILES string of the molecule is NC(=O)[C@]1(CO)CCCN1C(=O)C[C](O)Cc1ccccc1. The van der Waals surface area contributed by atoms with Crippen LogP contribution in [-0.4, -0.2) is 45.6 Å². The summed E-state index contributed by atoms with van der Waals surface area (Å²) in [5.74, 6) is -1.10. The highest BCUT2D eigenvalue weighted by molar-refractivity contribution is 5.91. The van der Waals surface area contributed by atoms with Crippen LogP contribution in [0.15, 0.2) is 30.3 Å². The number of rotatable bonds is 6. The largest absolute Gasteiger partial charge is 0.393 e. The van der Waals surface area contributed by atoms with Crippen molar-refractivity contribution in [2.75, 3.05) is 13.2 Å². The normalized spacial score (nSPS) is 21.3. The van der Waals surface area contributed by atoms with Crippen molar-refractivity contribution in [1.29, 1.82) is 0 Å². The Bertz CT molecular complexity index is 534. The molecule has 0 aliphatic carbocycles. The van der Waals surface area contributed by atoms with E-state index in [1.54, 1.807) is 0 Å². The molecule has 2 amide bonds. The average Bonchev–Trinajstić information content (AvgIpc) is 2.93. The maximum Gasteiger partial charge on any atom is 0.245 e. The molecular weight excluding hydrogens is 284 g/mol. The summed E-state index contributed by atoms with van der Waals surface area (Å²) in [7, 11) is 0. The molecule has 22 heavy (non-hydrogen) atoms. The number of carbonyl (C=O) groups excluding carboxylic acids is 2. The van der Waals surface area contributed by atoms with Gasteiger partial charge in [0.25, 0.3) is 0 Å². The summed E-state index contributed by atoms with van der Waals surface area (Å²) in [6.45, 7) is -0.130. The maximum absolute atomic E-state index is 12.4. The molecule has 2 rings (SSSR count). The van der Waals surface area contributed by atoms with Crippen LogP contribution in [0.5, 0.6) is 0 Å². The van der Waals surface area contributed by atoms with Crippen molar-refractivity contribution in [2.45, 2.75) is 31.2 Å². The minimum Gasteiger partial charge on any atom is -0.393 e. The van der Waals surface area contributed by atoms with Crippen molar-refractivity contribution < 1.29 is 19.8 Å². The number of nitrogens with zero attached hydrogens (tertiary/aromatic N) is 1. The average molecular weight is 305 g/mol. The van der Waals surface area contributed by atoms with Crippen molar-refractivity contribution in [3.05, 3.63) is 42.0 Å². The first-order valence-electron chi connectivity index (χ1n) is 7.28. The number of aliphatic hydroxyl groups is 2. The zero-order valence-corrected chi connectivity index (χ0v) is 12.4. The number of likely N-dealkylation sites (tertiary alicyclic amines) is 1. The van der Waals surface area contributed by atoms with E-state index >= 15 is 0 Å². The van der Waals surface area contributed by atoms with Crippen molar-refractivity contribution >= 4 is 11.8 Å². The van der Waals surface area contributed by atoms with Gasteiger partial charge in [0, 0.05) is 13.0 Å². The molecule has 4 N–H and O–H groups in total. The number of primary amides is 1. The highest BCUT2D eigenvalue weighted by Gasteiger charge is 2.48. The first-order chi connectivity index (χ1) is 10.5. The van der Waals surface area contributed by atoms with Gasteiger partial charge in [-0.05, 0) is 18.4 Å². The molecule has 0 spiro atoms. The third-order valence-electron chi connectivity index (χ3n) is 4.12. The van der Waals surface area contributed by atoms with Crippen LogP contribution in [0, 0.1) is 6.10 Å². The Morgan fingerprint density at radius 2 is 1.95 bits per heavy atom. The predicted octanol–water partition coefficient (Wildman–Crippen LogP) is 0.362. The second kappa shape index (κ2) is 6.89.